The summed E-state index contributed by atoms with van der Waals surface area (Å²) < 4.78 is 0. The molecule has 0 aromatic rings. The molecule has 1 heterocycles. The van der Waals surface area contributed by atoms with Gasteiger partial charge in [0.2, 0.25) is 11.8 Å². The molecular weight excluding hydrogens is 268 g/mol. The topological polar surface area (TPSA) is 78.7 Å². The molecule has 1 aliphatic heterocycles. The van der Waals surface area contributed by atoms with Crippen LogP contribution in [0, 0.1) is 5.92 Å². The lowest BCUT2D eigenvalue weighted by molar-refractivity contribution is -0.135. The van der Waals surface area contributed by atoms with Crippen molar-refractivity contribution in [3.8, 4) is 0 Å². The number of carbonyl (C=O) groups excluding carboxylic acids is 2. The van der Waals surface area contributed by atoms with Gasteiger partial charge in [0.25, 0.3) is 0 Å². The van der Waals surface area contributed by atoms with Gasteiger partial charge in [-0.1, -0.05) is 13.8 Å². The number of carbonyl (C=O) groups is 2. The van der Waals surface area contributed by atoms with E-state index < -0.39 is 6.04 Å². The van der Waals surface area contributed by atoms with Gasteiger partial charge in [-0.25, -0.2) is 0 Å². The van der Waals surface area contributed by atoms with Gasteiger partial charge in [0.1, 0.15) is 0 Å². The molecule has 0 aromatic heterocycles. The smallest absolute Gasteiger partial charge is 0.239 e. The van der Waals surface area contributed by atoms with Crippen LogP contribution in [0.15, 0.2) is 0 Å². The van der Waals surface area contributed by atoms with Crippen LogP contribution in [0.2, 0.25) is 0 Å². The number of rotatable bonds is 4. The zero-order chi connectivity index (χ0) is 13.7. The van der Waals surface area contributed by atoms with Crippen molar-refractivity contribution >= 4 is 24.2 Å². The van der Waals surface area contributed by atoms with Crippen molar-refractivity contribution in [2.24, 2.45) is 11.7 Å². The van der Waals surface area contributed by atoms with Crippen molar-refractivity contribution in [2.75, 3.05) is 39.8 Å². The maximum Gasteiger partial charge on any atom is 0.239 e. The Morgan fingerprint density at radius 1 is 1.21 bits per heavy atom. The second-order valence-electron chi connectivity index (χ2n) is 5.04. The van der Waals surface area contributed by atoms with Crippen molar-refractivity contribution in [1.82, 2.24) is 15.1 Å². The summed E-state index contributed by atoms with van der Waals surface area (Å²) in [6.07, 6.45) is 0. The van der Waals surface area contributed by atoms with Gasteiger partial charge < -0.3 is 16.0 Å². The van der Waals surface area contributed by atoms with Crippen LogP contribution in [0.3, 0.4) is 0 Å². The van der Waals surface area contributed by atoms with Crippen molar-refractivity contribution in [3.05, 3.63) is 0 Å². The normalized spacial score (nSPS) is 17.8. The molecule has 1 saturated heterocycles. The maximum atomic E-state index is 12.0. The molecule has 0 aromatic carbocycles. The summed E-state index contributed by atoms with van der Waals surface area (Å²) in [5, 5.41) is 2.60. The van der Waals surface area contributed by atoms with E-state index in [1.165, 1.54) is 0 Å². The molecule has 0 saturated carbocycles. The van der Waals surface area contributed by atoms with Crippen LogP contribution in [0.5, 0.6) is 0 Å². The van der Waals surface area contributed by atoms with E-state index in [1.807, 2.05) is 18.7 Å². The Hall–Kier alpha value is -0.850. The fourth-order valence-electron chi connectivity index (χ4n) is 1.90. The highest BCUT2D eigenvalue weighted by Gasteiger charge is 2.27. The number of likely N-dealkylation sites (N-methyl/N-ethyl adjacent to an activating group) is 1. The standard InChI is InChI=1S/C12H24N4O2.ClH/c1-9(2)11(13)12(18)16-6-4-15(5-7-16)8-10(17)14-3;/h9,11H,4-8,13H2,1-3H3,(H,14,17);1H/t11-;/m1./s1. The van der Waals surface area contributed by atoms with Crippen LogP contribution in [0.4, 0.5) is 0 Å². The molecule has 112 valence electrons. The Morgan fingerprint density at radius 3 is 2.16 bits per heavy atom. The van der Waals surface area contributed by atoms with Crippen LogP contribution < -0.4 is 11.1 Å². The quantitative estimate of drug-likeness (QED) is 0.717. The summed E-state index contributed by atoms with van der Waals surface area (Å²) in [5.41, 5.74) is 5.86. The largest absolute Gasteiger partial charge is 0.358 e. The summed E-state index contributed by atoms with van der Waals surface area (Å²) >= 11 is 0. The van der Waals surface area contributed by atoms with Crippen molar-refractivity contribution in [2.45, 2.75) is 19.9 Å². The average Bonchev–Trinajstić information content (AvgIpc) is 2.37. The van der Waals surface area contributed by atoms with Crippen LogP contribution in [0.1, 0.15) is 13.8 Å². The number of nitrogens with two attached hydrogens (primary N) is 1. The Balaban J connectivity index is 0.00000324. The minimum Gasteiger partial charge on any atom is -0.358 e. The molecule has 1 fully saturated rings. The second kappa shape index (κ2) is 8.35. The molecule has 1 aliphatic rings. The lowest BCUT2D eigenvalue weighted by Crippen LogP contribution is -2.55. The molecule has 1 atom stereocenters. The molecule has 0 bridgehead atoms. The Morgan fingerprint density at radius 2 is 1.74 bits per heavy atom. The molecule has 0 unspecified atom stereocenters. The number of nitrogens with one attached hydrogen (secondary N) is 1. The van der Waals surface area contributed by atoms with Crippen LogP contribution in [0.25, 0.3) is 0 Å². The zero-order valence-electron chi connectivity index (χ0n) is 11.9. The molecule has 1 rings (SSSR count). The predicted octanol–water partition coefficient (Wildman–Crippen LogP) is -0.718. The van der Waals surface area contributed by atoms with E-state index >= 15 is 0 Å². The highest BCUT2D eigenvalue weighted by molar-refractivity contribution is 5.85. The van der Waals surface area contributed by atoms with Crippen LogP contribution in [-0.4, -0.2) is 67.4 Å². The molecule has 19 heavy (non-hydrogen) atoms. The Bertz CT molecular complexity index is 304. The highest BCUT2D eigenvalue weighted by atomic mass is 35.5. The van der Waals surface area contributed by atoms with E-state index in [2.05, 4.69) is 5.32 Å². The van der Waals surface area contributed by atoms with Crippen molar-refractivity contribution in [1.29, 1.82) is 0 Å². The van der Waals surface area contributed by atoms with Crippen molar-refractivity contribution in [3.63, 3.8) is 0 Å². The first kappa shape index (κ1) is 18.1. The van der Waals surface area contributed by atoms with Gasteiger partial charge in [-0.3, -0.25) is 14.5 Å². The van der Waals surface area contributed by atoms with Gasteiger partial charge in [-0.2, -0.15) is 0 Å². The fourth-order valence-corrected chi connectivity index (χ4v) is 1.90. The van der Waals surface area contributed by atoms with E-state index in [0.717, 1.165) is 13.1 Å². The first-order chi connectivity index (χ1) is 8.45. The lowest BCUT2D eigenvalue weighted by Gasteiger charge is -2.36. The fraction of sp³-hybridized carbons (Fsp3) is 0.833. The van der Waals surface area contributed by atoms with Gasteiger partial charge in [-0.15, -0.1) is 12.4 Å². The summed E-state index contributed by atoms with van der Waals surface area (Å²) in [6.45, 7) is 7.05. The number of halogens is 1. The third kappa shape index (κ3) is 5.34. The van der Waals surface area contributed by atoms with Gasteiger partial charge >= 0.3 is 0 Å². The number of piperazine rings is 1. The number of hydrogen-bond acceptors (Lipinski definition) is 4. The van der Waals surface area contributed by atoms with E-state index in [9.17, 15) is 9.59 Å². The molecule has 0 aliphatic carbocycles. The monoisotopic (exact) mass is 292 g/mol. The Kier molecular flexibility index (Phi) is 7.97. The molecule has 2 amide bonds. The van der Waals surface area contributed by atoms with Crippen molar-refractivity contribution < 1.29 is 9.59 Å². The zero-order valence-corrected chi connectivity index (χ0v) is 12.7. The van der Waals surface area contributed by atoms with Gasteiger partial charge in [-0.05, 0) is 5.92 Å². The van der Waals surface area contributed by atoms with Gasteiger partial charge in [0, 0.05) is 33.2 Å². The summed E-state index contributed by atoms with van der Waals surface area (Å²) in [6, 6.07) is -0.421. The molecule has 0 radical (unpaired) electrons. The second-order valence-corrected chi connectivity index (χ2v) is 5.04. The number of nitrogens with zero attached hydrogens (tertiary/aromatic N) is 2. The van der Waals surface area contributed by atoms with E-state index in [1.54, 1.807) is 11.9 Å². The number of hydrogen-bond donors (Lipinski definition) is 2. The first-order valence-electron chi connectivity index (χ1n) is 6.43. The SMILES string of the molecule is CNC(=O)CN1CCN(C(=O)[C@H](N)C(C)C)CC1.Cl. The first-order valence-corrected chi connectivity index (χ1v) is 6.43. The van der Waals surface area contributed by atoms with E-state index in [0.29, 0.717) is 19.6 Å². The van der Waals surface area contributed by atoms with E-state index in [4.69, 9.17) is 5.73 Å². The minimum atomic E-state index is -0.421. The summed E-state index contributed by atoms with van der Waals surface area (Å²) in [5.74, 6) is 0.180. The van der Waals surface area contributed by atoms with Gasteiger partial charge in [0.05, 0.1) is 12.6 Å². The molecule has 3 N–H and O–H groups in total. The van der Waals surface area contributed by atoms with Crippen LogP contribution >= 0.6 is 12.4 Å². The highest BCUT2D eigenvalue weighted by Crippen LogP contribution is 2.07. The molecule has 0 spiro atoms. The third-order valence-electron chi connectivity index (χ3n) is 3.33. The summed E-state index contributed by atoms with van der Waals surface area (Å²) in [4.78, 5) is 27.1. The lowest BCUT2D eigenvalue weighted by atomic mass is 10.0. The molecule has 7 heteroatoms. The predicted molar refractivity (Wildman–Crippen MR) is 77.1 cm³/mol. The summed E-state index contributed by atoms with van der Waals surface area (Å²) in [7, 11) is 1.63. The van der Waals surface area contributed by atoms with E-state index in [-0.39, 0.29) is 30.1 Å². The minimum absolute atomic E-state index is 0. The maximum absolute atomic E-state index is 12.0. The molecular formula is C12H25ClN4O2. The average molecular weight is 293 g/mol. The Labute approximate surface area is 121 Å². The van der Waals surface area contributed by atoms with Crippen LogP contribution in [-0.2, 0) is 9.59 Å². The third-order valence-corrected chi connectivity index (χ3v) is 3.33. The molecule has 6 nitrogen and oxygen atoms in total. The number of amides is 2. The van der Waals surface area contributed by atoms with Gasteiger partial charge in [0.15, 0.2) is 0 Å².